The summed E-state index contributed by atoms with van der Waals surface area (Å²) in [5.74, 6) is 0. The van der Waals surface area contributed by atoms with E-state index in [1.165, 1.54) is 25.9 Å². The summed E-state index contributed by atoms with van der Waals surface area (Å²) >= 11 is 0. The van der Waals surface area contributed by atoms with E-state index in [1.807, 2.05) is 11.9 Å². The molecule has 4 atom stereocenters. The molecule has 3 aliphatic heterocycles. The molecule has 6 nitrogen and oxygen atoms in total. The lowest BCUT2D eigenvalue weighted by molar-refractivity contribution is 0.118. The van der Waals surface area contributed by atoms with Crippen LogP contribution in [0.2, 0.25) is 0 Å². The topological polar surface area (TPSA) is 54.6 Å². The highest BCUT2D eigenvalue weighted by atomic mass is 19.1. The molecule has 204 valence electrons. The van der Waals surface area contributed by atoms with E-state index in [0.717, 1.165) is 38.0 Å². The Balaban J connectivity index is 0.000000255. The Hall–Kier alpha value is -0.380. The zero-order valence-corrected chi connectivity index (χ0v) is 23.3. The average Bonchev–Trinajstić information content (AvgIpc) is 2.78. The van der Waals surface area contributed by atoms with Gasteiger partial charge in [0.2, 0.25) is 0 Å². The van der Waals surface area contributed by atoms with Gasteiger partial charge < -0.3 is 31.1 Å². The van der Waals surface area contributed by atoms with Gasteiger partial charge in [-0.25, -0.2) is 8.78 Å². The van der Waals surface area contributed by atoms with E-state index in [-0.39, 0.29) is 12.1 Å². The van der Waals surface area contributed by atoms with E-state index >= 15 is 0 Å². The molecule has 0 saturated carbocycles. The smallest absolute Gasteiger partial charge is 0.128 e. The fourth-order valence-corrected chi connectivity index (χ4v) is 4.81. The molecule has 4 unspecified atom stereocenters. The van der Waals surface area contributed by atoms with Crippen molar-refractivity contribution in [2.75, 3.05) is 53.4 Å². The van der Waals surface area contributed by atoms with Crippen LogP contribution in [0.1, 0.15) is 67.2 Å². The summed E-state index contributed by atoms with van der Waals surface area (Å²) in [6, 6.07) is 2.41. The third-order valence-electron chi connectivity index (χ3n) is 6.92. The van der Waals surface area contributed by atoms with Gasteiger partial charge in [-0.05, 0) is 79.8 Å². The van der Waals surface area contributed by atoms with Crippen molar-refractivity contribution in [3.8, 4) is 0 Å². The first-order valence-electron chi connectivity index (χ1n) is 13.6. The Labute approximate surface area is 209 Å². The average molecular weight is 491 g/mol. The second-order valence-corrected chi connectivity index (χ2v) is 11.1. The first-order chi connectivity index (χ1) is 16.0. The summed E-state index contributed by atoms with van der Waals surface area (Å²) in [7, 11) is 4.04. The number of nitrogens with one attached hydrogen (secondary N) is 4. The molecule has 0 spiro atoms. The molecule has 3 aliphatic rings. The van der Waals surface area contributed by atoms with Gasteiger partial charge in [-0.3, -0.25) is 0 Å². The molecule has 0 aliphatic carbocycles. The van der Waals surface area contributed by atoms with Crippen LogP contribution in [-0.4, -0.2) is 112 Å². The normalized spacial score (nSPS) is 29.6. The lowest BCUT2D eigenvalue weighted by Crippen LogP contribution is -2.51. The van der Waals surface area contributed by atoms with Crippen molar-refractivity contribution >= 4 is 0 Å². The molecule has 0 aromatic heterocycles. The van der Waals surface area contributed by atoms with Gasteiger partial charge in [-0.1, -0.05) is 27.7 Å². The van der Waals surface area contributed by atoms with Crippen LogP contribution in [0.3, 0.4) is 0 Å². The summed E-state index contributed by atoms with van der Waals surface area (Å²) in [5.41, 5.74) is 0. The van der Waals surface area contributed by atoms with E-state index in [4.69, 9.17) is 0 Å². The lowest BCUT2D eigenvalue weighted by Gasteiger charge is -2.34. The number of rotatable bonds is 6. The SMILES string of the molecule is CC(C)NC1CCN(C)CC1F.CC(C)NC1CCNCC1F.CNC1CCN(C(C)C)CC1. The highest BCUT2D eigenvalue weighted by Crippen LogP contribution is 2.13. The van der Waals surface area contributed by atoms with Crippen LogP contribution < -0.4 is 21.3 Å². The van der Waals surface area contributed by atoms with Crippen molar-refractivity contribution in [3.05, 3.63) is 0 Å². The van der Waals surface area contributed by atoms with E-state index < -0.39 is 12.3 Å². The second-order valence-electron chi connectivity index (χ2n) is 11.1. The third kappa shape index (κ3) is 13.1. The standard InChI is InChI=1S/C9H19FN2.C9H20N2.C8H17FN2/c1-7(2)11-9-4-5-12(3)6-8(9)10;1-8(2)11-6-4-9(10-3)5-7-11;1-6(2)11-8-3-4-10-5-7(8)9/h7-9,11H,4-6H2,1-3H3;8-10H,4-7H2,1-3H3;6-8,10-11H,3-5H2,1-2H3. The maximum atomic E-state index is 13.4. The van der Waals surface area contributed by atoms with Gasteiger partial charge in [0, 0.05) is 49.3 Å². The van der Waals surface area contributed by atoms with Crippen LogP contribution in [0.4, 0.5) is 8.78 Å². The van der Waals surface area contributed by atoms with Crippen LogP contribution in [-0.2, 0) is 0 Å². The fourth-order valence-electron chi connectivity index (χ4n) is 4.81. The zero-order valence-electron chi connectivity index (χ0n) is 23.3. The third-order valence-corrected chi connectivity index (χ3v) is 6.92. The molecule has 3 saturated heterocycles. The summed E-state index contributed by atoms with van der Waals surface area (Å²) in [6.45, 7) is 18.3. The summed E-state index contributed by atoms with van der Waals surface area (Å²) in [4.78, 5) is 4.59. The minimum atomic E-state index is -0.717. The van der Waals surface area contributed by atoms with Crippen LogP contribution in [0.15, 0.2) is 0 Å². The Bertz CT molecular complexity index is 500. The largest absolute Gasteiger partial charge is 0.317 e. The number of alkyl halides is 2. The molecule has 0 radical (unpaired) electrons. The van der Waals surface area contributed by atoms with E-state index in [9.17, 15) is 8.78 Å². The maximum Gasteiger partial charge on any atom is 0.128 e. The molecule has 8 heteroatoms. The molecule has 34 heavy (non-hydrogen) atoms. The highest BCUT2D eigenvalue weighted by Gasteiger charge is 2.27. The van der Waals surface area contributed by atoms with Crippen molar-refractivity contribution in [2.24, 2.45) is 0 Å². The predicted molar refractivity (Wildman–Crippen MR) is 142 cm³/mol. The molecule has 4 N–H and O–H groups in total. The monoisotopic (exact) mass is 490 g/mol. The van der Waals surface area contributed by atoms with Crippen molar-refractivity contribution in [3.63, 3.8) is 0 Å². The molecule has 3 rings (SSSR count). The van der Waals surface area contributed by atoms with Crippen LogP contribution in [0.25, 0.3) is 0 Å². The Morgan fingerprint density at radius 2 is 1.35 bits per heavy atom. The summed E-state index contributed by atoms with van der Waals surface area (Å²) < 4.78 is 26.4. The Kier molecular flexibility index (Phi) is 16.0. The van der Waals surface area contributed by atoms with Crippen molar-refractivity contribution in [2.45, 2.75) is 116 Å². The van der Waals surface area contributed by atoms with Crippen LogP contribution >= 0.6 is 0 Å². The first kappa shape index (κ1) is 31.6. The molecular weight excluding hydrogens is 434 g/mol. The van der Waals surface area contributed by atoms with Gasteiger partial charge in [0.15, 0.2) is 0 Å². The van der Waals surface area contributed by atoms with Gasteiger partial charge in [-0.2, -0.15) is 0 Å². The van der Waals surface area contributed by atoms with Crippen LogP contribution in [0, 0.1) is 0 Å². The number of hydrogen-bond acceptors (Lipinski definition) is 6. The van der Waals surface area contributed by atoms with Gasteiger partial charge in [0.1, 0.15) is 12.3 Å². The minimum absolute atomic E-state index is 0.0660. The van der Waals surface area contributed by atoms with Crippen molar-refractivity contribution < 1.29 is 8.78 Å². The Morgan fingerprint density at radius 3 is 1.79 bits per heavy atom. The van der Waals surface area contributed by atoms with E-state index in [2.05, 4.69) is 74.8 Å². The molecule has 0 bridgehead atoms. The molecule has 0 aromatic carbocycles. The maximum absolute atomic E-state index is 13.4. The van der Waals surface area contributed by atoms with Gasteiger partial charge in [-0.15, -0.1) is 0 Å². The minimum Gasteiger partial charge on any atom is -0.317 e. The van der Waals surface area contributed by atoms with Gasteiger partial charge >= 0.3 is 0 Å². The zero-order chi connectivity index (χ0) is 25.7. The molecule has 3 fully saturated rings. The molecule has 0 aromatic rings. The van der Waals surface area contributed by atoms with Gasteiger partial charge in [0.05, 0.1) is 0 Å². The lowest BCUT2D eigenvalue weighted by atomic mass is 10.0. The predicted octanol–water partition coefficient (Wildman–Crippen LogP) is 2.79. The summed E-state index contributed by atoms with van der Waals surface area (Å²) in [5, 5.41) is 12.8. The molecule has 3 heterocycles. The Morgan fingerprint density at radius 1 is 0.794 bits per heavy atom. The van der Waals surface area contributed by atoms with Crippen LogP contribution in [0.5, 0.6) is 0 Å². The number of piperidine rings is 3. The van der Waals surface area contributed by atoms with E-state index in [1.54, 1.807) is 0 Å². The number of halogens is 2. The number of hydrogen-bond donors (Lipinski definition) is 4. The van der Waals surface area contributed by atoms with Gasteiger partial charge in [0.25, 0.3) is 0 Å². The quantitative estimate of drug-likeness (QED) is 0.460. The van der Waals surface area contributed by atoms with Crippen molar-refractivity contribution in [1.29, 1.82) is 0 Å². The number of nitrogens with zero attached hydrogens (tertiary/aromatic N) is 2. The molecular formula is C26H56F2N6. The molecule has 0 amide bonds. The fraction of sp³-hybridized carbons (Fsp3) is 1.00. The van der Waals surface area contributed by atoms with Crippen molar-refractivity contribution in [1.82, 2.24) is 31.1 Å². The second kappa shape index (κ2) is 17.1. The first-order valence-corrected chi connectivity index (χ1v) is 13.6. The number of likely N-dealkylation sites (tertiary alicyclic amines) is 2. The highest BCUT2D eigenvalue weighted by molar-refractivity contribution is 4.85. The van der Waals surface area contributed by atoms with E-state index in [0.29, 0.717) is 25.2 Å². The summed E-state index contributed by atoms with van der Waals surface area (Å²) in [6.07, 6.45) is 3.04.